The Bertz CT molecular complexity index is 513. The van der Waals surface area contributed by atoms with Crippen molar-refractivity contribution in [2.45, 2.75) is 12.5 Å². The summed E-state index contributed by atoms with van der Waals surface area (Å²) in [5, 5.41) is 3.30. The van der Waals surface area contributed by atoms with Crippen LogP contribution in [0.2, 0.25) is 5.02 Å². The highest BCUT2D eigenvalue weighted by atomic mass is 35.5. The minimum atomic E-state index is -0.338. The number of hydrogen-bond donors (Lipinski definition) is 1. The highest BCUT2D eigenvalue weighted by molar-refractivity contribution is 6.30. The lowest BCUT2D eigenvalue weighted by Crippen LogP contribution is -2.20. The average Bonchev–Trinajstić information content (AvgIpc) is 2.41. The van der Waals surface area contributed by atoms with Crippen LogP contribution >= 0.6 is 11.6 Å². The summed E-state index contributed by atoms with van der Waals surface area (Å²) in [6.45, 7) is 0. The van der Waals surface area contributed by atoms with E-state index in [4.69, 9.17) is 11.6 Å². The average molecular weight is 264 g/mol. The molecule has 3 heteroatoms. The molecule has 94 valence electrons. The highest BCUT2D eigenvalue weighted by Gasteiger charge is 2.16. The molecule has 2 rings (SSSR count). The monoisotopic (exact) mass is 263 g/mol. The van der Waals surface area contributed by atoms with Crippen LogP contribution in [-0.2, 0) is 6.42 Å². The molecule has 1 nitrogen and oxygen atoms in total. The van der Waals surface area contributed by atoms with Crippen LogP contribution in [0.15, 0.2) is 48.5 Å². The van der Waals surface area contributed by atoms with Crippen LogP contribution in [0.25, 0.3) is 0 Å². The maximum absolute atomic E-state index is 14.0. The van der Waals surface area contributed by atoms with Crippen LogP contribution in [-0.4, -0.2) is 7.05 Å². The van der Waals surface area contributed by atoms with Gasteiger partial charge in [-0.3, -0.25) is 0 Å². The molecule has 1 N–H and O–H groups in total. The standard InChI is InChI=1S/C15H15ClFN/c1-18-14(10-11-6-3-2-4-7-11)12-8-5-9-13(16)15(12)17/h2-9,14,18H,10H2,1H3. The van der Waals surface area contributed by atoms with Crippen LogP contribution in [0.4, 0.5) is 4.39 Å². The smallest absolute Gasteiger partial charge is 0.146 e. The second kappa shape index (κ2) is 5.98. The molecular formula is C15H15ClFN. The predicted molar refractivity (Wildman–Crippen MR) is 73.4 cm³/mol. The molecule has 0 fully saturated rings. The van der Waals surface area contributed by atoms with Crippen LogP contribution in [0.1, 0.15) is 17.2 Å². The van der Waals surface area contributed by atoms with Gasteiger partial charge < -0.3 is 5.32 Å². The highest BCUT2D eigenvalue weighted by Crippen LogP contribution is 2.25. The van der Waals surface area contributed by atoms with E-state index in [1.54, 1.807) is 18.2 Å². The fourth-order valence-corrected chi connectivity index (χ4v) is 2.19. The molecule has 0 heterocycles. The molecule has 0 aliphatic rings. The van der Waals surface area contributed by atoms with Gasteiger partial charge in [0.05, 0.1) is 5.02 Å². The Morgan fingerprint density at radius 2 is 1.83 bits per heavy atom. The van der Waals surface area contributed by atoms with E-state index in [0.717, 1.165) is 12.0 Å². The largest absolute Gasteiger partial charge is 0.313 e. The summed E-state index contributed by atoms with van der Waals surface area (Å²) in [4.78, 5) is 0. The Morgan fingerprint density at radius 1 is 1.11 bits per heavy atom. The predicted octanol–water partition coefficient (Wildman–Crippen LogP) is 3.98. The quantitative estimate of drug-likeness (QED) is 0.880. The first-order valence-electron chi connectivity index (χ1n) is 5.87. The summed E-state index contributed by atoms with van der Waals surface area (Å²) in [5.41, 5.74) is 1.77. The number of likely N-dealkylation sites (N-methyl/N-ethyl adjacent to an activating group) is 1. The second-order valence-corrected chi connectivity index (χ2v) is 4.58. The molecule has 0 saturated carbocycles. The van der Waals surface area contributed by atoms with E-state index in [-0.39, 0.29) is 16.9 Å². The second-order valence-electron chi connectivity index (χ2n) is 4.17. The lowest BCUT2D eigenvalue weighted by molar-refractivity contribution is 0.534. The van der Waals surface area contributed by atoms with E-state index in [1.165, 1.54) is 0 Å². The van der Waals surface area contributed by atoms with Gasteiger partial charge in [-0.2, -0.15) is 0 Å². The van der Waals surface area contributed by atoms with Crippen molar-refractivity contribution in [1.29, 1.82) is 0 Å². The van der Waals surface area contributed by atoms with Crippen molar-refractivity contribution in [3.8, 4) is 0 Å². The SMILES string of the molecule is CNC(Cc1ccccc1)c1cccc(Cl)c1F. The normalized spacial score (nSPS) is 12.4. The number of hydrogen-bond acceptors (Lipinski definition) is 1. The van der Waals surface area contributed by atoms with E-state index >= 15 is 0 Å². The summed E-state index contributed by atoms with van der Waals surface area (Å²) < 4.78 is 14.0. The van der Waals surface area contributed by atoms with Crippen LogP contribution in [0.5, 0.6) is 0 Å². The van der Waals surface area contributed by atoms with Crippen molar-refractivity contribution in [3.63, 3.8) is 0 Å². The van der Waals surface area contributed by atoms with Crippen molar-refractivity contribution in [2.75, 3.05) is 7.05 Å². The van der Waals surface area contributed by atoms with Gasteiger partial charge in [0, 0.05) is 11.6 Å². The molecule has 1 atom stereocenters. The molecule has 0 saturated heterocycles. The summed E-state index contributed by atoms with van der Waals surface area (Å²) in [6.07, 6.45) is 0.731. The van der Waals surface area contributed by atoms with Gasteiger partial charge in [-0.15, -0.1) is 0 Å². The third kappa shape index (κ3) is 2.89. The van der Waals surface area contributed by atoms with E-state index < -0.39 is 0 Å². The van der Waals surface area contributed by atoms with E-state index in [9.17, 15) is 4.39 Å². The zero-order valence-corrected chi connectivity index (χ0v) is 10.9. The van der Waals surface area contributed by atoms with Crippen molar-refractivity contribution in [2.24, 2.45) is 0 Å². The molecule has 0 spiro atoms. The molecule has 0 aromatic heterocycles. The van der Waals surface area contributed by atoms with E-state index in [2.05, 4.69) is 5.32 Å². The van der Waals surface area contributed by atoms with Gasteiger partial charge in [-0.05, 0) is 25.1 Å². The van der Waals surface area contributed by atoms with Gasteiger partial charge in [0.25, 0.3) is 0 Å². The molecule has 0 aliphatic carbocycles. The maximum atomic E-state index is 14.0. The third-order valence-corrected chi connectivity index (χ3v) is 3.28. The summed E-state index contributed by atoms with van der Waals surface area (Å²) in [7, 11) is 1.83. The summed E-state index contributed by atoms with van der Waals surface area (Å²) >= 11 is 5.82. The first-order chi connectivity index (χ1) is 8.72. The molecular weight excluding hydrogens is 249 g/mol. The molecule has 2 aromatic rings. The summed E-state index contributed by atoms with van der Waals surface area (Å²) in [6, 6.07) is 15.0. The topological polar surface area (TPSA) is 12.0 Å². The zero-order valence-electron chi connectivity index (χ0n) is 10.2. The summed E-state index contributed by atoms with van der Waals surface area (Å²) in [5.74, 6) is -0.338. The number of halogens is 2. The Balaban J connectivity index is 2.26. The van der Waals surface area contributed by atoms with Crippen LogP contribution in [0.3, 0.4) is 0 Å². The Kier molecular flexibility index (Phi) is 4.34. The van der Waals surface area contributed by atoms with E-state index in [0.29, 0.717) is 5.56 Å². The van der Waals surface area contributed by atoms with E-state index in [1.807, 2.05) is 37.4 Å². The number of benzene rings is 2. The van der Waals surface area contributed by atoms with Gasteiger partial charge >= 0.3 is 0 Å². The first kappa shape index (κ1) is 13.1. The minimum absolute atomic E-state index is 0.0777. The fraction of sp³-hybridized carbons (Fsp3) is 0.200. The maximum Gasteiger partial charge on any atom is 0.146 e. The van der Waals surface area contributed by atoms with Crippen LogP contribution < -0.4 is 5.32 Å². The third-order valence-electron chi connectivity index (χ3n) is 2.99. The number of rotatable bonds is 4. The fourth-order valence-electron chi connectivity index (χ4n) is 2.01. The lowest BCUT2D eigenvalue weighted by atomic mass is 9.98. The Hall–Kier alpha value is -1.38. The molecule has 2 aromatic carbocycles. The molecule has 18 heavy (non-hydrogen) atoms. The molecule has 0 aliphatic heterocycles. The Morgan fingerprint density at radius 3 is 2.50 bits per heavy atom. The zero-order chi connectivity index (χ0) is 13.0. The van der Waals surface area contributed by atoms with Crippen LogP contribution in [0, 0.1) is 5.82 Å². The van der Waals surface area contributed by atoms with Gasteiger partial charge in [0.1, 0.15) is 5.82 Å². The number of nitrogens with one attached hydrogen (secondary N) is 1. The van der Waals surface area contributed by atoms with Crippen molar-refractivity contribution in [1.82, 2.24) is 5.32 Å². The van der Waals surface area contributed by atoms with Gasteiger partial charge in [0.2, 0.25) is 0 Å². The molecule has 1 unspecified atom stereocenters. The van der Waals surface area contributed by atoms with Crippen molar-refractivity contribution >= 4 is 11.6 Å². The molecule has 0 radical (unpaired) electrons. The Labute approximate surface area is 112 Å². The van der Waals surface area contributed by atoms with Gasteiger partial charge in [-0.25, -0.2) is 4.39 Å². The minimum Gasteiger partial charge on any atom is -0.313 e. The molecule has 0 bridgehead atoms. The lowest BCUT2D eigenvalue weighted by Gasteiger charge is -2.18. The van der Waals surface area contributed by atoms with Gasteiger partial charge in [-0.1, -0.05) is 54.1 Å². The molecule has 0 amide bonds. The van der Waals surface area contributed by atoms with Crippen molar-refractivity contribution < 1.29 is 4.39 Å². The first-order valence-corrected chi connectivity index (χ1v) is 6.25. The van der Waals surface area contributed by atoms with Crippen molar-refractivity contribution in [3.05, 3.63) is 70.5 Å². The van der Waals surface area contributed by atoms with Gasteiger partial charge in [0.15, 0.2) is 0 Å².